The lowest BCUT2D eigenvalue weighted by Crippen LogP contribution is -2.19. The minimum Gasteiger partial charge on any atom is -0.484 e. The molecular weight excluding hydrogens is 323 g/mol. The lowest BCUT2D eigenvalue weighted by atomic mass is 10.2. The van der Waals surface area contributed by atoms with Gasteiger partial charge in [-0.1, -0.05) is 12.1 Å². The van der Waals surface area contributed by atoms with Gasteiger partial charge in [-0.25, -0.2) is 4.98 Å². The summed E-state index contributed by atoms with van der Waals surface area (Å²) in [5, 5.41) is 2.98. The normalized spacial score (nSPS) is 11.2. The minimum absolute atomic E-state index is 0.202. The number of hydrogen-bond acceptors (Lipinski definition) is 4. The number of ether oxygens (including phenoxy) is 1. The van der Waals surface area contributed by atoms with E-state index in [1.807, 2.05) is 0 Å². The van der Waals surface area contributed by atoms with Crippen molar-refractivity contribution in [2.75, 3.05) is 11.9 Å². The molecule has 0 saturated carbocycles. The van der Waals surface area contributed by atoms with Crippen molar-refractivity contribution < 1.29 is 22.7 Å². The molecule has 0 aliphatic heterocycles. The number of aromatic nitrogens is 1. The van der Waals surface area contributed by atoms with Crippen LogP contribution < -0.4 is 15.8 Å². The molecule has 1 heterocycles. The maximum absolute atomic E-state index is 12.6. The molecule has 24 heavy (non-hydrogen) atoms. The second-order valence-corrected chi connectivity index (χ2v) is 5.14. The monoisotopic (exact) mass is 339 g/mol. The molecule has 2 aromatic rings. The fraction of sp³-hybridized carbons (Fsp3) is 0.250. The van der Waals surface area contributed by atoms with E-state index < -0.39 is 17.6 Å². The third-order valence-electron chi connectivity index (χ3n) is 3.17. The highest BCUT2D eigenvalue weighted by atomic mass is 19.4. The van der Waals surface area contributed by atoms with Crippen molar-refractivity contribution in [2.45, 2.75) is 19.6 Å². The predicted molar refractivity (Wildman–Crippen MR) is 82.4 cm³/mol. The quantitative estimate of drug-likeness (QED) is 0.848. The van der Waals surface area contributed by atoms with Crippen molar-refractivity contribution in [3.63, 3.8) is 0 Å². The number of alkyl halides is 3. The van der Waals surface area contributed by atoms with Crippen LogP contribution in [-0.4, -0.2) is 17.5 Å². The van der Waals surface area contributed by atoms with Crippen molar-refractivity contribution in [3.05, 3.63) is 53.2 Å². The zero-order chi connectivity index (χ0) is 17.7. The summed E-state index contributed by atoms with van der Waals surface area (Å²) in [5.41, 5.74) is 5.49. The van der Waals surface area contributed by atoms with Crippen molar-refractivity contribution in [3.8, 4) is 5.75 Å². The Bertz CT molecular complexity index is 715. The predicted octanol–water partition coefficient (Wildman–Crippen LogP) is 2.89. The van der Waals surface area contributed by atoms with Gasteiger partial charge < -0.3 is 15.8 Å². The number of carbonyl (C=O) groups is 1. The molecule has 1 amide bonds. The first-order valence-corrected chi connectivity index (χ1v) is 7.03. The number of amides is 1. The zero-order valence-electron chi connectivity index (χ0n) is 12.9. The molecule has 0 bridgehead atoms. The summed E-state index contributed by atoms with van der Waals surface area (Å²) in [6.45, 7) is 1.74. The van der Waals surface area contributed by atoms with Crippen LogP contribution in [-0.2, 0) is 17.5 Å². The number of pyridine rings is 1. The molecule has 1 aromatic heterocycles. The third kappa shape index (κ3) is 4.87. The number of aryl methyl sites for hydroxylation is 1. The van der Waals surface area contributed by atoms with E-state index >= 15 is 0 Å². The highest BCUT2D eigenvalue weighted by Crippen LogP contribution is 2.30. The fourth-order valence-electron chi connectivity index (χ4n) is 1.96. The molecule has 0 saturated heterocycles. The Hall–Kier alpha value is -2.77. The largest absolute Gasteiger partial charge is 0.484 e. The van der Waals surface area contributed by atoms with Gasteiger partial charge in [0, 0.05) is 12.7 Å². The van der Waals surface area contributed by atoms with Gasteiger partial charge in [-0.3, -0.25) is 4.79 Å². The summed E-state index contributed by atoms with van der Waals surface area (Å²) >= 11 is 0. The maximum Gasteiger partial charge on any atom is 0.417 e. The number of carbonyl (C=O) groups excluding carboxylic acids is 1. The number of benzene rings is 1. The Labute approximate surface area is 136 Å². The molecule has 0 atom stereocenters. The molecule has 0 fully saturated rings. The van der Waals surface area contributed by atoms with E-state index in [2.05, 4.69) is 10.3 Å². The maximum atomic E-state index is 12.6. The summed E-state index contributed by atoms with van der Waals surface area (Å²) in [7, 11) is 0. The highest BCUT2D eigenvalue weighted by molar-refractivity contribution is 5.75. The summed E-state index contributed by atoms with van der Waals surface area (Å²) in [4.78, 5) is 14.4. The molecule has 5 nitrogen and oxygen atoms in total. The van der Waals surface area contributed by atoms with Crippen LogP contribution in [0.2, 0.25) is 0 Å². The average Bonchev–Trinajstić information content (AvgIpc) is 2.51. The first-order valence-electron chi connectivity index (χ1n) is 7.03. The van der Waals surface area contributed by atoms with Crippen molar-refractivity contribution >= 4 is 11.7 Å². The van der Waals surface area contributed by atoms with E-state index in [1.54, 1.807) is 31.2 Å². The topological polar surface area (TPSA) is 77.2 Å². The van der Waals surface area contributed by atoms with Gasteiger partial charge in [0.25, 0.3) is 5.91 Å². The number of nitrogens with zero attached hydrogens (tertiary/aromatic N) is 1. The summed E-state index contributed by atoms with van der Waals surface area (Å²) in [6.07, 6.45) is -3.60. The molecule has 0 aliphatic carbocycles. The van der Waals surface area contributed by atoms with E-state index in [-0.39, 0.29) is 6.61 Å². The summed E-state index contributed by atoms with van der Waals surface area (Å²) < 4.78 is 42.9. The van der Waals surface area contributed by atoms with Crippen LogP contribution in [0.3, 0.4) is 0 Å². The average molecular weight is 339 g/mol. The number of rotatable bonds is 6. The fourth-order valence-corrected chi connectivity index (χ4v) is 1.96. The van der Waals surface area contributed by atoms with Crippen molar-refractivity contribution in [1.29, 1.82) is 0 Å². The van der Waals surface area contributed by atoms with Crippen LogP contribution in [0.25, 0.3) is 0 Å². The van der Waals surface area contributed by atoms with Crippen LogP contribution >= 0.6 is 0 Å². The molecule has 0 unspecified atom stereocenters. The Morgan fingerprint density at radius 1 is 1.29 bits per heavy atom. The van der Waals surface area contributed by atoms with Crippen LogP contribution in [0.4, 0.5) is 19.0 Å². The van der Waals surface area contributed by atoms with Crippen LogP contribution in [0.15, 0.2) is 36.5 Å². The SMILES string of the molecule is Cc1cc(C(F)(F)F)cnc1NCc1ccc(OCC(N)=O)cc1. The molecule has 0 aliphatic rings. The Morgan fingerprint density at radius 2 is 1.96 bits per heavy atom. The molecule has 2 rings (SSSR count). The van der Waals surface area contributed by atoms with Crippen LogP contribution in [0.1, 0.15) is 16.7 Å². The lowest BCUT2D eigenvalue weighted by molar-refractivity contribution is -0.137. The van der Waals surface area contributed by atoms with E-state index in [0.717, 1.165) is 17.8 Å². The second kappa shape index (κ2) is 7.20. The molecule has 128 valence electrons. The number of halogens is 3. The Balaban J connectivity index is 1.97. The Kier molecular flexibility index (Phi) is 5.28. The molecule has 0 spiro atoms. The summed E-state index contributed by atoms with van der Waals surface area (Å²) in [5.74, 6) is 0.322. The van der Waals surface area contributed by atoms with Gasteiger partial charge in [-0.05, 0) is 36.2 Å². The van der Waals surface area contributed by atoms with Gasteiger partial charge in [0.2, 0.25) is 0 Å². The molecule has 1 aromatic carbocycles. The standard InChI is InChI=1S/C16H16F3N3O2/c1-10-6-12(16(17,18)19)8-22-15(10)21-7-11-2-4-13(5-3-11)24-9-14(20)23/h2-6,8H,7,9H2,1H3,(H2,20,23)(H,21,22). The molecule has 8 heteroatoms. The molecule has 3 N–H and O–H groups in total. The van der Waals surface area contributed by atoms with Gasteiger partial charge in [0.1, 0.15) is 11.6 Å². The van der Waals surface area contributed by atoms with Gasteiger partial charge in [0.15, 0.2) is 6.61 Å². The minimum atomic E-state index is -4.41. The number of nitrogens with two attached hydrogens (primary N) is 1. The zero-order valence-corrected chi connectivity index (χ0v) is 12.9. The Morgan fingerprint density at radius 3 is 2.50 bits per heavy atom. The van der Waals surface area contributed by atoms with E-state index in [1.165, 1.54) is 0 Å². The van der Waals surface area contributed by atoms with E-state index in [4.69, 9.17) is 10.5 Å². The van der Waals surface area contributed by atoms with Crippen molar-refractivity contribution in [1.82, 2.24) is 4.98 Å². The summed E-state index contributed by atoms with van der Waals surface area (Å²) in [6, 6.07) is 7.93. The first-order chi connectivity index (χ1) is 11.3. The lowest BCUT2D eigenvalue weighted by Gasteiger charge is -2.12. The third-order valence-corrected chi connectivity index (χ3v) is 3.17. The number of hydrogen-bond donors (Lipinski definition) is 2. The van der Waals surface area contributed by atoms with Gasteiger partial charge >= 0.3 is 6.18 Å². The van der Waals surface area contributed by atoms with Gasteiger partial charge in [0.05, 0.1) is 5.56 Å². The number of nitrogens with one attached hydrogen (secondary N) is 1. The van der Waals surface area contributed by atoms with E-state index in [0.29, 0.717) is 23.7 Å². The first kappa shape index (κ1) is 17.6. The molecular formula is C16H16F3N3O2. The number of anilines is 1. The smallest absolute Gasteiger partial charge is 0.417 e. The number of primary amides is 1. The molecule has 0 radical (unpaired) electrons. The van der Waals surface area contributed by atoms with E-state index in [9.17, 15) is 18.0 Å². The highest BCUT2D eigenvalue weighted by Gasteiger charge is 2.31. The van der Waals surface area contributed by atoms with Crippen molar-refractivity contribution in [2.24, 2.45) is 5.73 Å². The van der Waals surface area contributed by atoms with Gasteiger partial charge in [-0.2, -0.15) is 13.2 Å². The van der Waals surface area contributed by atoms with Crippen LogP contribution in [0.5, 0.6) is 5.75 Å². The van der Waals surface area contributed by atoms with Gasteiger partial charge in [-0.15, -0.1) is 0 Å². The van der Waals surface area contributed by atoms with Crippen LogP contribution in [0, 0.1) is 6.92 Å². The second-order valence-electron chi connectivity index (χ2n) is 5.14.